The van der Waals surface area contributed by atoms with Crippen molar-refractivity contribution in [2.75, 3.05) is 10.6 Å². The van der Waals surface area contributed by atoms with E-state index in [9.17, 15) is 27.2 Å². The molecule has 0 aliphatic rings. The van der Waals surface area contributed by atoms with Gasteiger partial charge < -0.3 is 10.6 Å². The zero-order chi connectivity index (χ0) is 17.0. The highest BCUT2D eigenvalue weighted by Crippen LogP contribution is 2.29. The summed E-state index contributed by atoms with van der Waals surface area (Å²) < 4.78 is 50.2. The van der Waals surface area contributed by atoms with Crippen molar-refractivity contribution in [2.24, 2.45) is 0 Å². The molecule has 4 nitrogen and oxygen atoms in total. The maximum atomic E-state index is 13.0. The van der Waals surface area contributed by atoms with Gasteiger partial charge in [-0.25, -0.2) is 4.39 Å². The van der Waals surface area contributed by atoms with Crippen LogP contribution in [0.15, 0.2) is 48.5 Å². The third-order valence-electron chi connectivity index (χ3n) is 2.76. The van der Waals surface area contributed by atoms with Gasteiger partial charge in [-0.05, 0) is 42.5 Å². The molecule has 120 valence electrons. The lowest BCUT2D eigenvalue weighted by Crippen LogP contribution is -2.29. The van der Waals surface area contributed by atoms with Gasteiger partial charge in [-0.1, -0.05) is 6.07 Å². The maximum Gasteiger partial charge on any atom is 0.416 e. The molecule has 2 aromatic carbocycles. The SMILES string of the molecule is O=C(Nc1ccc(C(F)(F)F)cc1)C(=O)Nc1cccc(F)c1. The minimum absolute atomic E-state index is 0.0254. The van der Waals surface area contributed by atoms with Crippen LogP contribution >= 0.6 is 0 Å². The van der Waals surface area contributed by atoms with Crippen molar-refractivity contribution in [1.29, 1.82) is 0 Å². The summed E-state index contributed by atoms with van der Waals surface area (Å²) in [5.74, 6) is -2.75. The van der Waals surface area contributed by atoms with E-state index in [1.807, 2.05) is 0 Å². The number of rotatable bonds is 2. The summed E-state index contributed by atoms with van der Waals surface area (Å²) in [6.07, 6.45) is -4.49. The van der Waals surface area contributed by atoms with E-state index < -0.39 is 29.4 Å². The highest BCUT2D eigenvalue weighted by atomic mass is 19.4. The molecular weight excluding hydrogens is 316 g/mol. The number of alkyl halides is 3. The number of hydrogen-bond donors (Lipinski definition) is 2. The number of hydrogen-bond acceptors (Lipinski definition) is 2. The average Bonchev–Trinajstić information content (AvgIpc) is 2.46. The Bertz CT molecular complexity index is 727. The zero-order valence-corrected chi connectivity index (χ0v) is 11.4. The summed E-state index contributed by atoms with van der Waals surface area (Å²) in [7, 11) is 0. The van der Waals surface area contributed by atoms with Crippen LogP contribution in [0.4, 0.5) is 28.9 Å². The molecule has 2 amide bonds. The normalized spacial score (nSPS) is 11.0. The van der Waals surface area contributed by atoms with Crippen LogP contribution in [0.1, 0.15) is 5.56 Å². The number of anilines is 2. The van der Waals surface area contributed by atoms with Gasteiger partial charge in [0.15, 0.2) is 0 Å². The highest BCUT2D eigenvalue weighted by molar-refractivity contribution is 6.43. The number of carbonyl (C=O) groups excluding carboxylic acids is 2. The Labute approximate surface area is 128 Å². The van der Waals surface area contributed by atoms with E-state index in [0.717, 1.165) is 36.4 Å². The highest BCUT2D eigenvalue weighted by Gasteiger charge is 2.30. The molecule has 2 rings (SSSR count). The molecule has 2 N–H and O–H groups in total. The molecule has 0 saturated heterocycles. The molecule has 2 aromatic rings. The standard InChI is InChI=1S/C15H10F4N2O2/c16-10-2-1-3-12(8-10)21-14(23)13(22)20-11-6-4-9(5-7-11)15(17,18)19/h1-8H,(H,20,22)(H,21,23). The number of amides is 2. The third kappa shape index (κ3) is 4.53. The molecule has 0 aliphatic heterocycles. The molecule has 0 radical (unpaired) electrons. The molecule has 0 unspecified atom stereocenters. The van der Waals surface area contributed by atoms with Gasteiger partial charge in [-0.2, -0.15) is 13.2 Å². The molecule has 0 saturated carbocycles. The zero-order valence-electron chi connectivity index (χ0n) is 11.4. The fraction of sp³-hybridized carbons (Fsp3) is 0.0667. The van der Waals surface area contributed by atoms with Crippen LogP contribution in [0.25, 0.3) is 0 Å². The molecule has 0 aliphatic carbocycles. The molecule has 0 bridgehead atoms. The summed E-state index contributed by atoms with van der Waals surface area (Å²) >= 11 is 0. The molecule has 0 spiro atoms. The van der Waals surface area contributed by atoms with E-state index in [-0.39, 0.29) is 11.4 Å². The van der Waals surface area contributed by atoms with E-state index in [4.69, 9.17) is 0 Å². The second-order valence-electron chi connectivity index (χ2n) is 4.49. The van der Waals surface area contributed by atoms with Gasteiger partial charge in [0.1, 0.15) is 5.82 Å². The minimum Gasteiger partial charge on any atom is -0.318 e. The Balaban J connectivity index is 2.00. The van der Waals surface area contributed by atoms with Crippen molar-refractivity contribution in [3.05, 3.63) is 59.9 Å². The molecule has 23 heavy (non-hydrogen) atoms. The Morgan fingerprint density at radius 1 is 0.826 bits per heavy atom. The van der Waals surface area contributed by atoms with Crippen LogP contribution in [-0.4, -0.2) is 11.8 Å². The molecule has 0 heterocycles. The second kappa shape index (κ2) is 6.47. The number of benzene rings is 2. The van der Waals surface area contributed by atoms with Crippen molar-refractivity contribution >= 4 is 23.2 Å². The summed E-state index contributed by atoms with van der Waals surface area (Å²) in [6.45, 7) is 0. The van der Waals surface area contributed by atoms with Crippen LogP contribution in [0.3, 0.4) is 0 Å². The second-order valence-corrected chi connectivity index (χ2v) is 4.49. The first-order chi connectivity index (χ1) is 10.8. The largest absolute Gasteiger partial charge is 0.416 e. The van der Waals surface area contributed by atoms with Gasteiger partial charge in [-0.15, -0.1) is 0 Å². The first-order valence-electron chi connectivity index (χ1n) is 6.31. The van der Waals surface area contributed by atoms with Crippen LogP contribution in [-0.2, 0) is 15.8 Å². The van der Waals surface area contributed by atoms with Gasteiger partial charge in [-0.3, -0.25) is 9.59 Å². The van der Waals surface area contributed by atoms with E-state index in [2.05, 4.69) is 10.6 Å². The molecule has 0 aromatic heterocycles. The predicted molar refractivity (Wildman–Crippen MR) is 75.1 cm³/mol. The fourth-order valence-electron chi connectivity index (χ4n) is 1.68. The lowest BCUT2D eigenvalue weighted by molar-refractivity contribution is -0.137. The van der Waals surface area contributed by atoms with Crippen LogP contribution in [0.5, 0.6) is 0 Å². The van der Waals surface area contributed by atoms with Crippen molar-refractivity contribution in [3.8, 4) is 0 Å². The summed E-state index contributed by atoms with van der Waals surface area (Å²) in [4.78, 5) is 23.3. The van der Waals surface area contributed by atoms with Gasteiger partial charge in [0, 0.05) is 11.4 Å². The van der Waals surface area contributed by atoms with Gasteiger partial charge >= 0.3 is 18.0 Å². The van der Waals surface area contributed by atoms with Gasteiger partial charge in [0.2, 0.25) is 0 Å². The first-order valence-corrected chi connectivity index (χ1v) is 6.31. The van der Waals surface area contributed by atoms with E-state index >= 15 is 0 Å². The lowest BCUT2D eigenvalue weighted by Gasteiger charge is -2.09. The van der Waals surface area contributed by atoms with Crippen molar-refractivity contribution in [2.45, 2.75) is 6.18 Å². The lowest BCUT2D eigenvalue weighted by atomic mass is 10.2. The molecule has 8 heteroatoms. The summed E-state index contributed by atoms with van der Waals surface area (Å²) in [5, 5.41) is 4.31. The Morgan fingerprint density at radius 3 is 1.91 bits per heavy atom. The minimum atomic E-state index is -4.49. The Kier molecular flexibility index (Phi) is 4.63. The summed E-state index contributed by atoms with van der Waals surface area (Å²) in [6, 6.07) is 8.51. The Hall–Kier alpha value is -2.90. The third-order valence-corrected chi connectivity index (χ3v) is 2.76. The van der Waals surface area contributed by atoms with E-state index in [1.165, 1.54) is 12.1 Å². The molecule has 0 fully saturated rings. The smallest absolute Gasteiger partial charge is 0.318 e. The number of halogens is 4. The maximum absolute atomic E-state index is 13.0. The monoisotopic (exact) mass is 326 g/mol. The number of carbonyl (C=O) groups is 2. The van der Waals surface area contributed by atoms with Crippen molar-refractivity contribution in [3.63, 3.8) is 0 Å². The summed E-state index contributed by atoms with van der Waals surface area (Å²) in [5.41, 5.74) is -0.769. The van der Waals surface area contributed by atoms with Crippen LogP contribution < -0.4 is 10.6 Å². The van der Waals surface area contributed by atoms with Crippen LogP contribution in [0.2, 0.25) is 0 Å². The predicted octanol–water partition coefficient (Wildman–Crippen LogP) is 3.42. The van der Waals surface area contributed by atoms with Crippen LogP contribution in [0, 0.1) is 5.82 Å². The topological polar surface area (TPSA) is 58.2 Å². The first kappa shape index (κ1) is 16.5. The van der Waals surface area contributed by atoms with Gasteiger partial charge in [0.25, 0.3) is 0 Å². The van der Waals surface area contributed by atoms with E-state index in [0.29, 0.717) is 0 Å². The average molecular weight is 326 g/mol. The van der Waals surface area contributed by atoms with E-state index in [1.54, 1.807) is 0 Å². The quantitative estimate of drug-likeness (QED) is 0.656. The van der Waals surface area contributed by atoms with Crippen molar-refractivity contribution in [1.82, 2.24) is 0 Å². The Morgan fingerprint density at radius 2 is 1.39 bits per heavy atom. The van der Waals surface area contributed by atoms with Crippen molar-refractivity contribution < 1.29 is 27.2 Å². The number of nitrogens with one attached hydrogen (secondary N) is 2. The van der Waals surface area contributed by atoms with Gasteiger partial charge in [0.05, 0.1) is 5.56 Å². The fourth-order valence-corrected chi connectivity index (χ4v) is 1.68. The molecule has 0 atom stereocenters. The molecular formula is C15H10F4N2O2.